The van der Waals surface area contributed by atoms with Gasteiger partial charge in [0, 0.05) is 10.8 Å². The topological polar surface area (TPSA) is 12.4 Å². The maximum absolute atomic E-state index is 4.80. The number of hydrogen-bond acceptors (Lipinski definition) is 2. The van der Waals surface area contributed by atoms with E-state index in [-0.39, 0.29) is 0 Å². The number of allylic oxidation sites excluding steroid dienone is 1. The molecule has 2 atom stereocenters. The Hall–Kier alpha value is -0.955. The molecule has 80 valence electrons. The van der Waals surface area contributed by atoms with E-state index in [4.69, 9.17) is 4.99 Å². The number of rotatable bonds is 1. The van der Waals surface area contributed by atoms with Gasteiger partial charge in [0.05, 0.1) is 11.1 Å². The summed E-state index contributed by atoms with van der Waals surface area (Å²) in [5.74, 6) is 0. The largest absolute Gasteiger partial charge is 0.269 e. The molecule has 0 amide bonds. The summed E-state index contributed by atoms with van der Waals surface area (Å²) < 4.78 is 0. The third-order valence-electron chi connectivity index (χ3n) is 3.16. The fourth-order valence-corrected chi connectivity index (χ4v) is 3.48. The lowest BCUT2D eigenvalue weighted by Crippen LogP contribution is -2.17. The van der Waals surface area contributed by atoms with Crippen molar-refractivity contribution < 1.29 is 0 Å². The second-order valence-corrected chi connectivity index (χ2v) is 5.68. The predicted molar refractivity (Wildman–Crippen MR) is 74.7 cm³/mol. The molecule has 1 aliphatic carbocycles. The van der Waals surface area contributed by atoms with E-state index in [1.807, 2.05) is 11.8 Å². The minimum Gasteiger partial charge on any atom is -0.269 e. The van der Waals surface area contributed by atoms with Gasteiger partial charge in [0.15, 0.2) is 0 Å². The van der Waals surface area contributed by atoms with Gasteiger partial charge in [0.1, 0.15) is 7.85 Å². The molecule has 0 saturated heterocycles. The molecule has 1 aromatic rings. The van der Waals surface area contributed by atoms with Crippen LogP contribution in [-0.2, 0) is 0 Å². The Bertz CT molecular complexity index is 450. The van der Waals surface area contributed by atoms with Crippen LogP contribution in [0.25, 0.3) is 0 Å². The van der Waals surface area contributed by atoms with Crippen molar-refractivity contribution >= 4 is 30.1 Å². The molecular weight excluding hydrogens is 213 g/mol. The molecule has 2 aliphatic rings. The number of hydrogen-bond donors (Lipinski definition) is 0. The van der Waals surface area contributed by atoms with Crippen molar-refractivity contribution in [3.63, 3.8) is 0 Å². The van der Waals surface area contributed by atoms with E-state index in [2.05, 4.69) is 44.3 Å². The smallest absolute Gasteiger partial charge is 0.139 e. The normalized spacial score (nSPS) is 27.6. The summed E-state index contributed by atoms with van der Waals surface area (Å²) in [5.41, 5.74) is 2.59. The standard InChI is InChI=1S/C13H14BNS/c14-10-7-5-9(6-8-10)13-15-11-3-1-2-4-12(11)16-13/h1,3,5-8,11-12H,2,4,14H2. The van der Waals surface area contributed by atoms with Gasteiger partial charge >= 0.3 is 0 Å². The fourth-order valence-electron chi connectivity index (χ4n) is 2.19. The quantitative estimate of drug-likeness (QED) is 0.523. The third kappa shape index (κ3) is 1.84. The van der Waals surface area contributed by atoms with E-state index in [1.54, 1.807) is 0 Å². The molecule has 0 bridgehead atoms. The van der Waals surface area contributed by atoms with Crippen LogP contribution in [0.15, 0.2) is 41.4 Å². The lowest BCUT2D eigenvalue weighted by atomic mass is 9.95. The van der Waals surface area contributed by atoms with Crippen LogP contribution in [-0.4, -0.2) is 24.2 Å². The molecule has 1 aromatic carbocycles. The molecule has 2 unspecified atom stereocenters. The summed E-state index contributed by atoms with van der Waals surface area (Å²) in [6, 6.07) is 9.12. The van der Waals surface area contributed by atoms with Crippen molar-refractivity contribution in [1.82, 2.24) is 0 Å². The van der Waals surface area contributed by atoms with Gasteiger partial charge < -0.3 is 0 Å². The summed E-state index contributed by atoms with van der Waals surface area (Å²) in [7, 11) is 2.12. The fraction of sp³-hybridized carbons (Fsp3) is 0.308. The minimum absolute atomic E-state index is 0.426. The average molecular weight is 227 g/mol. The van der Waals surface area contributed by atoms with Crippen LogP contribution in [0.4, 0.5) is 0 Å². The molecule has 0 saturated carbocycles. The van der Waals surface area contributed by atoms with Crippen molar-refractivity contribution in [3.05, 3.63) is 42.0 Å². The number of benzene rings is 1. The third-order valence-corrected chi connectivity index (χ3v) is 4.54. The van der Waals surface area contributed by atoms with Gasteiger partial charge in [-0.1, -0.05) is 41.9 Å². The van der Waals surface area contributed by atoms with Gasteiger partial charge in [-0.25, -0.2) is 0 Å². The Morgan fingerprint density at radius 3 is 2.81 bits per heavy atom. The molecule has 0 aromatic heterocycles. The maximum Gasteiger partial charge on any atom is 0.139 e. The first-order chi connectivity index (χ1) is 7.83. The molecule has 0 fully saturated rings. The molecule has 1 nitrogen and oxygen atoms in total. The average Bonchev–Trinajstić information content (AvgIpc) is 2.73. The van der Waals surface area contributed by atoms with E-state index in [0.29, 0.717) is 11.3 Å². The van der Waals surface area contributed by atoms with Crippen LogP contribution in [0.5, 0.6) is 0 Å². The van der Waals surface area contributed by atoms with Gasteiger partial charge in [0.25, 0.3) is 0 Å². The Morgan fingerprint density at radius 1 is 1.25 bits per heavy atom. The van der Waals surface area contributed by atoms with Crippen LogP contribution < -0.4 is 5.46 Å². The molecule has 0 N–H and O–H groups in total. The van der Waals surface area contributed by atoms with E-state index in [9.17, 15) is 0 Å². The van der Waals surface area contributed by atoms with Crippen molar-refractivity contribution in [2.45, 2.75) is 24.1 Å². The second kappa shape index (κ2) is 4.13. The van der Waals surface area contributed by atoms with Crippen LogP contribution >= 0.6 is 11.8 Å². The summed E-state index contributed by atoms with van der Waals surface area (Å²) in [6.07, 6.45) is 7.02. The van der Waals surface area contributed by atoms with E-state index >= 15 is 0 Å². The molecule has 0 spiro atoms. The summed E-state index contributed by atoms with van der Waals surface area (Å²) in [5, 5.41) is 1.91. The van der Waals surface area contributed by atoms with E-state index in [0.717, 1.165) is 0 Å². The van der Waals surface area contributed by atoms with Crippen LogP contribution in [0, 0.1) is 0 Å². The Balaban J connectivity index is 1.87. The minimum atomic E-state index is 0.426. The Morgan fingerprint density at radius 2 is 2.06 bits per heavy atom. The number of thioether (sulfide) groups is 1. The zero-order valence-corrected chi connectivity index (χ0v) is 10.2. The van der Waals surface area contributed by atoms with Crippen molar-refractivity contribution in [1.29, 1.82) is 0 Å². The Kier molecular flexibility index (Phi) is 2.64. The van der Waals surface area contributed by atoms with Gasteiger partial charge in [-0.3, -0.25) is 4.99 Å². The summed E-state index contributed by atoms with van der Waals surface area (Å²) >= 11 is 1.95. The Labute approximate surface area is 101 Å². The number of nitrogens with zero attached hydrogens (tertiary/aromatic N) is 1. The van der Waals surface area contributed by atoms with Crippen LogP contribution in [0.3, 0.4) is 0 Å². The predicted octanol–water partition coefficient (Wildman–Crippen LogP) is 1.53. The number of aliphatic imine (C=N–C) groups is 1. The zero-order chi connectivity index (χ0) is 11.0. The molecular formula is C13H14BNS. The molecule has 3 heteroatoms. The number of fused-ring (bicyclic) bond motifs is 1. The van der Waals surface area contributed by atoms with E-state index < -0.39 is 0 Å². The highest BCUT2D eigenvalue weighted by molar-refractivity contribution is 8.15. The maximum atomic E-state index is 4.80. The highest BCUT2D eigenvalue weighted by atomic mass is 32.2. The highest BCUT2D eigenvalue weighted by Crippen LogP contribution is 2.36. The first kappa shape index (κ1) is 10.2. The lowest BCUT2D eigenvalue weighted by molar-refractivity contribution is 0.676. The molecule has 16 heavy (non-hydrogen) atoms. The van der Waals surface area contributed by atoms with Crippen molar-refractivity contribution in [2.24, 2.45) is 4.99 Å². The molecule has 0 radical (unpaired) electrons. The molecule has 3 rings (SSSR count). The second-order valence-electron chi connectivity index (χ2n) is 4.45. The van der Waals surface area contributed by atoms with Gasteiger partial charge in [-0.2, -0.15) is 0 Å². The summed E-state index contributed by atoms with van der Waals surface area (Å²) in [6.45, 7) is 0. The molecule has 1 heterocycles. The van der Waals surface area contributed by atoms with Gasteiger partial charge in [-0.05, 0) is 12.8 Å². The van der Waals surface area contributed by atoms with Crippen molar-refractivity contribution in [2.75, 3.05) is 0 Å². The molecule has 1 aliphatic heterocycles. The van der Waals surface area contributed by atoms with Gasteiger partial charge in [0.2, 0.25) is 0 Å². The van der Waals surface area contributed by atoms with Gasteiger partial charge in [-0.15, -0.1) is 11.8 Å². The summed E-state index contributed by atoms with van der Waals surface area (Å²) in [4.78, 5) is 4.80. The van der Waals surface area contributed by atoms with Crippen LogP contribution in [0.2, 0.25) is 0 Å². The zero-order valence-electron chi connectivity index (χ0n) is 9.39. The van der Waals surface area contributed by atoms with E-state index in [1.165, 1.54) is 28.9 Å². The highest BCUT2D eigenvalue weighted by Gasteiger charge is 2.29. The first-order valence-electron chi connectivity index (χ1n) is 5.81. The SMILES string of the molecule is Bc1ccc(C2=NC3C=CCCC3S2)cc1. The lowest BCUT2D eigenvalue weighted by Gasteiger charge is -2.16. The van der Waals surface area contributed by atoms with Crippen LogP contribution in [0.1, 0.15) is 18.4 Å². The first-order valence-corrected chi connectivity index (χ1v) is 6.69. The van der Waals surface area contributed by atoms with Crippen molar-refractivity contribution in [3.8, 4) is 0 Å². The monoisotopic (exact) mass is 227 g/mol.